The third-order valence-corrected chi connectivity index (χ3v) is 3.97. The first-order valence-electron chi connectivity index (χ1n) is 5.75. The summed E-state index contributed by atoms with van der Waals surface area (Å²) in [5.41, 5.74) is 0. The molecule has 2 aromatic heterocycles. The molecule has 0 bridgehead atoms. The molecule has 0 amide bonds. The summed E-state index contributed by atoms with van der Waals surface area (Å²) in [4.78, 5) is 2.69. The maximum absolute atomic E-state index is 4.05. The van der Waals surface area contributed by atoms with Crippen molar-refractivity contribution in [1.82, 2.24) is 25.5 Å². The number of thiophene rings is 1. The van der Waals surface area contributed by atoms with Crippen LogP contribution in [-0.2, 0) is 13.0 Å². The molecule has 2 aromatic rings. The fourth-order valence-electron chi connectivity index (χ4n) is 1.61. The Morgan fingerprint density at radius 3 is 2.82 bits per heavy atom. The minimum atomic E-state index is 0.163. The Morgan fingerprint density at radius 2 is 2.18 bits per heavy atom. The molecule has 0 aliphatic heterocycles. The Kier molecular flexibility index (Phi) is 3.86. The van der Waals surface area contributed by atoms with Crippen LogP contribution in [0, 0.1) is 0 Å². The van der Waals surface area contributed by atoms with Crippen LogP contribution in [0.3, 0.4) is 0 Å². The van der Waals surface area contributed by atoms with Crippen LogP contribution in [0.4, 0.5) is 0 Å². The van der Waals surface area contributed by atoms with Crippen LogP contribution >= 0.6 is 11.3 Å². The largest absolute Gasteiger partial charge is 0.311 e. The molecule has 0 saturated carbocycles. The summed E-state index contributed by atoms with van der Waals surface area (Å²) in [5, 5.41) is 15.0. The fraction of sp³-hybridized carbons (Fsp3) is 0.545. The molecule has 17 heavy (non-hydrogen) atoms. The van der Waals surface area contributed by atoms with E-state index in [0.717, 1.165) is 18.8 Å². The zero-order valence-corrected chi connectivity index (χ0v) is 11.2. The van der Waals surface area contributed by atoms with E-state index in [2.05, 4.69) is 39.9 Å². The summed E-state index contributed by atoms with van der Waals surface area (Å²) in [6.45, 7) is 4.97. The quantitative estimate of drug-likeness (QED) is 0.877. The van der Waals surface area contributed by atoms with E-state index in [1.807, 2.05) is 30.0 Å². The monoisotopic (exact) mass is 251 g/mol. The second kappa shape index (κ2) is 5.37. The first kappa shape index (κ1) is 12.2. The number of nitrogens with one attached hydrogen (secondary N) is 1. The predicted molar refractivity (Wildman–Crippen MR) is 68.1 cm³/mol. The molecule has 0 aromatic carbocycles. The van der Waals surface area contributed by atoms with Crippen LogP contribution in [-0.4, -0.2) is 27.3 Å². The first-order valence-corrected chi connectivity index (χ1v) is 6.57. The lowest BCUT2D eigenvalue weighted by Crippen LogP contribution is -2.18. The van der Waals surface area contributed by atoms with Crippen LogP contribution < -0.4 is 5.32 Å². The van der Waals surface area contributed by atoms with Gasteiger partial charge < -0.3 is 5.32 Å². The second-order valence-electron chi connectivity index (χ2n) is 3.93. The molecule has 0 aliphatic carbocycles. The van der Waals surface area contributed by atoms with Crippen molar-refractivity contribution in [3.05, 3.63) is 27.7 Å². The van der Waals surface area contributed by atoms with E-state index in [9.17, 15) is 0 Å². The summed E-state index contributed by atoms with van der Waals surface area (Å²) >= 11 is 1.82. The van der Waals surface area contributed by atoms with Gasteiger partial charge in [0, 0.05) is 9.75 Å². The number of aromatic nitrogens is 4. The van der Waals surface area contributed by atoms with Crippen molar-refractivity contribution in [2.45, 2.75) is 32.9 Å². The van der Waals surface area contributed by atoms with Gasteiger partial charge in [0.15, 0.2) is 5.82 Å². The Labute approximate surface area is 105 Å². The summed E-state index contributed by atoms with van der Waals surface area (Å²) < 4.78 is 1.85. The zero-order chi connectivity index (χ0) is 12.3. The summed E-state index contributed by atoms with van der Waals surface area (Å²) in [6.07, 6.45) is 1.08. The molecule has 6 heteroatoms. The maximum Gasteiger partial charge on any atom is 0.168 e. The Balaban J connectivity index is 2.15. The van der Waals surface area contributed by atoms with Gasteiger partial charge in [-0.05, 0) is 43.0 Å². The molecule has 0 radical (unpaired) electrons. The topological polar surface area (TPSA) is 55.6 Å². The lowest BCUT2D eigenvalue weighted by Gasteiger charge is -2.09. The second-order valence-corrected chi connectivity index (χ2v) is 5.18. The molecule has 0 fully saturated rings. The Hall–Kier alpha value is -1.27. The zero-order valence-electron chi connectivity index (χ0n) is 10.3. The molecule has 5 nitrogen and oxygen atoms in total. The van der Waals surface area contributed by atoms with Crippen LogP contribution in [0.5, 0.6) is 0 Å². The highest BCUT2D eigenvalue weighted by atomic mass is 32.1. The smallest absolute Gasteiger partial charge is 0.168 e. The molecule has 92 valence electrons. The minimum Gasteiger partial charge on any atom is -0.311 e. The highest BCUT2D eigenvalue weighted by Gasteiger charge is 2.13. The fourth-order valence-corrected chi connectivity index (χ4v) is 2.55. The highest BCUT2D eigenvalue weighted by molar-refractivity contribution is 7.11. The average Bonchev–Trinajstić information content (AvgIpc) is 2.97. The minimum absolute atomic E-state index is 0.163. The van der Waals surface area contributed by atoms with Crippen molar-refractivity contribution in [3.8, 4) is 0 Å². The SMILES string of the molecule is CCc1ccc(Cn2nnnc2C(C)NC)s1. The molecule has 2 heterocycles. The predicted octanol–water partition coefficient (Wildman–Crippen LogP) is 1.63. The molecule has 0 saturated heterocycles. The standard InChI is InChI=1S/C11H17N5S/c1-4-9-5-6-10(17-9)7-16-11(8(2)12-3)13-14-15-16/h5-6,8,12H,4,7H2,1-3H3. The van der Waals surface area contributed by atoms with Gasteiger partial charge in [-0.25, -0.2) is 4.68 Å². The third kappa shape index (κ3) is 2.70. The number of tetrazole rings is 1. The molecular formula is C11H17N5S. The third-order valence-electron chi connectivity index (χ3n) is 2.75. The summed E-state index contributed by atoms with van der Waals surface area (Å²) in [7, 11) is 1.91. The molecular weight excluding hydrogens is 234 g/mol. The van der Waals surface area contributed by atoms with Crippen molar-refractivity contribution in [2.24, 2.45) is 0 Å². The number of rotatable bonds is 5. The van der Waals surface area contributed by atoms with Gasteiger partial charge in [-0.1, -0.05) is 6.92 Å². The van der Waals surface area contributed by atoms with Crippen molar-refractivity contribution >= 4 is 11.3 Å². The molecule has 0 aliphatic rings. The first-order chi connectivity index (χ1) is 8.24. The molecule has 1 N–H and O–H groups in total. The van der Waals surface area contributed by atoms with Crippen molar-refractivity contribution in [3.63, 3.8) is 0 Å². The van der Waals surface area contributed by atoms with Crippen LogP contribution in [0.25, 0.3) is 0 Å². The van der Waals surface area contributed by atoms with Gasteiger partial charge in [-0.3, -0.25) is 0 Å². The van der Waals surface area contributed by atoms with E-state index in [1.54, 1.807) is 0 Å². The summed E-state index contributed by atoms with van der Waals surface area (Å²) in [5.74, 6) is 0.874. The number of aryl methyl sites for hydroxylation is 1. The number of hydrogen-bond acceptors (Lipinski definition) is 5. The van der Waals surface area contributed by atoms with Crippen LogP contribution in [0.1, 0.15) is 35.5 Å². The van der Waals surface area contributed by atoms with E-state index >= 15 is 0 Å². The molecule has 2 rings (SSSR count). The van der Waals surface area contributed by atoms with E-state index in [4.69, 9.17) is 0 Å². The van der Waals surface area contributed by atoms with E-state index in [1.165, 1.54) is 9.75 Å². The number of nitrogens with zero attached hydrogens (tertiary/aromatic N) is 4. The van der Waals surface area contributed by atoms with Gasteiger partial charge in [-0.15, -0.1) is 16.4 Å². The van der Waals surface area contributed by atoms with Gasteiger partial charge in [-0.2, -0.15) is 0 Å². The van der Waals surface area contributed by atoms with Gasteiger partial charge >= 0.3 is 0 Å². The molecule has 1 unspecified atom stereocenters. The van der Waals surface area contributed by atoms with Gasteiger partial charge in [0.05, 0.1) is 12.6 Å². The van der Waals surface area contributed by atoms with Gasteiger partial charge in [0.25, 0.3) is 0 Å². The van der Waals surface area contributed by atoms with Crippen LogP contribution in [0.2, 0.25) is 0 Å². The number of hydrogen-bond donors (Lipinski definition) is 1. The van der Waals surface area contributed by atoms with Crippen molar-refractivity contribution in [1.29, 1.82) is 0 Å². The van der Waals surface area contributed by atoms with Gasteiger partial charge in [0.2, 0.25) is 0 Å². The highest BCUT2D eigenvalue weighted by Crippen LogP contribution is 2.18. The van der Waals surface area contributed by atoms with Crippen molar-refractivity contribution < 1.29 is 0 Å². The average molecular weight is 251 g/mol. The normalized spacial score (nSPS) is 12.9. The Bertz CT molecular complexity index is 476. The molecule has 1 atom stereocenters. The van der Waals surface area contributed by atoms with E-state index < -0.39 is 0 Å². The van der Waals surface area contributed by atoms with Crippen molar-refractivity contribution in [2.75, 3.05) is 7.05 Å². The van der Waals surface area contributed by atoms with E-state index in [-0.39, 0.29) is 6.04 Å². The summed E-state index contributed by atoms with van der Waals surface area (Å²) in [6, 6.07) is 4.49. The lowest BCUT2D eigenvalue weighted by molar-refractivity contribution is 0.542. The van der Waals surface area contributed by atoms with E-state index in [0.29, 0.717) is 0 Å². The van der Waals surface area contributed by atoms with Crippen LogP contribution in [0.15, 0.2) is 12.1 Å². The lowest BCUT2D eigenvalue weighted by atomic mass is 10.3. The Morgan fingerprint density at radius 1 is 1.41 bits per heavy atom. The maximum atomic E-state index is 4.05. The van der Waals surface area contributed by atoms with Gasteiger partial charge in [0.1, 0.15) is 0 Å². The molecule has 0 spiro atoms.